The van der Waals surface area contributed by atoms with Crippen LogP contribution in [-0.2, 0) is 9.53 Å². The highest BCUT2D eigenvalue weighted by Crippen LogP contribution is 2.26. The fourth-order valence-corrected chi connectivity index (χ4v) is 1.96. The zero-order chi connectivity index (χ0) is 11.4. The lowest BCUT2D eigenvalue weighted by atomic mass is 9.88. The number of hydrogen-bond donors (Lipinski definition) is 1. The van der Waals surface area contributed by atoms with Crippen LogP contribution in [0.1, 0.15) is 46.5 Å². The van der Waals surface area contributed by atoms with E-state index in [4.69, 9.17) is 10.5 Å². The van der Waals surface area contributed by atoms with Gasteiger partial charge >= 0.3 is 5.97 Å². The fourth-order valence-electron chi connectivity index (χ4n) is 1.96. The van der Waals surface area contributed by atoms with Crippen LogP contribution in [0.4, 0.5) is 0 Å². The molecule has 1 aliphatic rings. The molecule has 88 valence electrons. The first-order valence-electron chi connectivity index (χ1n) is 5.98. The van der Waals surface area contributed by atoms with Gasteiger partial charge in [0.1, 0.15) is 12.1 Å². The summed E-state index contributed by atoms with van der Waals surface area (Å²) in [6.45, 7) is 6.03. The van der Waals surface area contributed by atoms with Crippen molar-refractivity contribution in [2.75, 3.05) is 0 Å². The lowest BCUT2D eigenvalue weighted by Crippen LogP contribution is -2.40. The van der Waals surface area contributed by atoms with Crippen molar-refractivity contribution in [3.05, 3.63) is 0 Å². The third-order valence-electron chi connectivity index (χ3n) is 3.29. The van der Waals surface area contributed by atoms with Gasteiger partial charge in [-0.1, -0.05) is 27.2 Å². The van der Waals surface area contributed by atoms with Crippen molar-refractivity contribution in [1.29, 1.82) is 0 Å². The monoisotopic (exact) mass is 213 g/mol. The summed E-state index contributed by atoms with van der Waals surface area (Å²) in [5, 5.41) is 0. The van der Waals surface area contributed by atoms with E-state index in [0.29, 0.717) is 5.92 Å². The van der Waals surface area contributed by atoms with Gasteiger partial charge in [0, 0.05) is 0 Å². The molecule has 1 saturated carbocycles. The van der Waals surface area contributed by atoms with Crippen LogP contribution in [0.3, 0.4) is 0 Å². The minimum absolute atomic E-state index is 0.0936. The minimum atomic E-state index is -0.473. The van der Waals surface area contributed by atoms with Crippen LogP contribution in [0, 0.1) is 11.8 Å². The largest absolute Gasteiger partial charge is 0.461 e. The maximum absolute atomic E-state index is 11.7. The van der Waals surface area contributed by atoms with Gasteiger partial charge in [-0.05, 0) is 31.1 Å². The van der Waals surface area contributed by atoms with Gasteiger partial charge in [-0.2, -0.15) is 0 Å². The topological polar surface area (TPSA) is 52.3 Å². The van der Waals surface area contributed by atoms with Crippen LogP contribution in [0.2, 0.25) is 0 Å². The first-order valence-corrected chi connectivity index (χ1v) is 5.98. The third kappa shape index (κ3) is 3.49. The molecule has 0 heterocycles. The Balaban J connectivity index is 2.42. The van der Waals surface area contributed by atoms with Gasteiger partial charge in [0.15, 0.2) is 0 Å². The van der Waals surface area contributed by atoms with Gasteiger partial charge in [-0.25, -0.2) is 0 Å². The molecule has 3 atom stereocenters. The molecule has 0 aliphatic heterocycles. The quantitative estimate of drug-likeness (QED) is 0.730. The Labute approximate surface area is 92.4 Å². The SMILES string of the molecule is CC1CCCCC1OC(=O)[C@H](N)C(C)C. The van der Waals surface area contributed by atoms with Crippen LogP contribution in [0.5, 0.6) is 0 Å². The van der Waals surface area contributed by atoms with Crippen molar-refractivity contribution in [3.63, 3.8) is 0 Å². The summed E-state index contributed by atoms with van der Waals surface area (Å²) in [5.74, 6) is 0.405. The van der Waals surface area contributed by atoms with Crippen LogP contribution in [0.15, 0.2) is 0 Å². The Hall–Kier alpha value is -0.570. The highest BCUT2D eigenvalue weighted by Gasteiger charge is 2.27. The van der Waals surface area contributed by atoms with Crippen molar-refractivity contribution < 1.29 is 9.53 Å². The molecular formula is C12H23NO2. The van der Waals surface area contributed by atoms with E-state index in [0.717, 1.165) is 12.8 Å². The van der Waals surface area contributed by atoms with Crippen molar-refractivity contribution in [3.8, 4) is 0 Å². The van der Waals surface area contributed by atoms with Crippen LogP contribution in [-0.4, -0.2) is 18.1 Å². The van der Waals surface area contributed by atoms with E-state index in [2.05, 4.69) is 6.92 Å². The standard InChI is InChI=1S/C12H23NO2/c1-8(2)11(13)12(14)15-10-7-5-4-6-9(10)3/h8-11H,4-7,13H2,1-3H3/t9?,10?,11-/m1/s1. The van der Waals surface area contributed by atoms with Crippen molar-refractivity contribution >= 4 is 5.97 Å². The minimum Gasteiger partial charge on any atom is -0.461 e. The zero-order valence-electron chi connectivity index (χ0n) is 10.0. The van der Waals surface area contributed by atoms with Crippen molar-refractivity contribution in [2.45, 2.75) is 58.6 Å². The molecule has 1 rings (SSSR count). The number of carbonyl (C=O) groups is 1. The van der Waals surface area contributed by atoms with Crippen molar-refractivity contribution in [1.82, 2.24) is 0 Å². The average Bonchev–Trinajstić information content (AvgIpc) is 2.20. The van der Waals surface area contributed by atoms with Gasteiger partial charge in [-0.3, -0.25) is 4.79 Å². The molecule has 15 heavy (non-hydrogen) atoms. The maximum Gasteiger partial charge on any atom is 0.323 e. The molecule has 0 spiro atoms. The van der Waals surface area contributed by atoms with Crippen molar-refractivity contribution in [2.24, 2.45) is 17.6 Å². The molecule has 3 heteroatoms. The van der Waals surface area contributed by atoms with Crippen LogP contribution in [0.25, 0.3) is 0 Å². The molecule has 2 unspecified atom stereocenters. The van der Waals surface area contributed by atoms with Gasteiger partial charge in [-0.15, -0.1) is 0 Å². The number of rotatable bonds is 3. The molecule has 0 radical (unpaired) electrons. The third-order valence-corrected chi connectivity index (χ3v) is 3.29. The van der Waals surface area contributed by atoms with E-state index in [-0.39, 0.29) is 18.0 Å². The second kappa shape index (κ2) is 5.50. The van der Waals surface area contributed by atoms with E-state index >= 15 is 0 Å². The molecule has 0 aromatic heterocycles. The Morgan fingerprint density at radius 2 is 1.93 bits per heavy atom. The Morgan fingerprint density at radius 1 is 1.33 bits per heavy atom. The Morgan fingerprint density at radius 3 is 2.47 bits per heavy atom. The first kappa shape index (κ1) is 12.5. The zero-order valence-corrected chi connectivity index (χ0v) is 10.0. The molecule has 1 aliphatic carbocycles. The molecule has 3 nitrogen and oxygen atoms in total. The van der Waals surface area contributed by atoms with Gasteiger partial charge < -0.3 is 10.5 Å². The van der Waals surface area contributed by atoms with E-state index in [1.807, 2.05) is 13.8 Å². The van der Waals surface area contributed by atoms with E-state index in [1.165, 1.54) is 12.8 Å². The molecule has 0 aromatic rings. The number of hydrogen-bond acceptors (Lipinski definition) is 3. The molecular weight excluding hydrogens is 190 g/mol. The summed E-state index contributed by atoms with van der Waals surface area (Å²) in [5.41, 5.74) is 5.75. The molecule has 0 amide bonds. The summed E-state index contributed by atoms with van der Waals surface area (Å²) in [4.78, 5) is 11.7. The van der Waals surface area contributed by atoms with E-state index in [9.17, 15) is 4.79 Å². The van der Waals surface area contributed by atoms with Crippen LogP contribution < -0.4 is 5.73 Å². The number of esters is 1. The summed E-state index contributed by atoms with van der Waals surface area (Å²) in [6, 6.07) is -0.473. The first-order chi connectivity index (χ1) is 7.02. The molecule has 1 fully saturated rings. The van der Waals surface area contributed by atoms with Gasteiger partial charge in [0.25, 0.3) is 0 Å². The summed E-state index contributed by atoms with van der Waals surface area (Å²) in [6.07, 6.45) is 4.67. The summed E-state index contributed by atoms with van der Waals surface area (Å²) in [7, 11) is 0. The summed E-state index contributed by atoms with van der Waals surface area (Å²) < 4.78 is 5.46. The second-order valence-corrected chi connectivity index (χ2v) is 5.01. The highest BCUT2D eigenvalue weighted by molar-refractivity contribution is 5.75. The lowest BCUT2D eigenvalue weighted by molar-refractivity contribution is -0.155. The Bertz CT molecular complexity index is 216. The number of nitrogens with two attached hydrogens (primary N) is 1. The number of carbonyl (C=O) groups excluding carboxylic acids is 1. The van der Waals surface area contributed by atoms with E-state index < -0.39 is 6.04 Å². The Kier molecular flexibility index (Phi) is 4.58. The van der Waals surface area contributed by atoms with E-state index in [1.54, 1.807) is 0 Å². The predicted molar refractivity (Wildman–Crippen MR) is 60.3 cm³/mol. The highest BCUT2D eigenvalue weighted by atomic mass is 16.5. The fraction of sp³-hybridized carbons (Fsp3) is 0.917. The maximum atomic E-state index is 11.7. The summed E-state index contributed by atoms with van der Waals surface area (Å²) >= 11 is 0. The normalized spacial score (nSPS) is 28.9. The molecule has 2 N–H and O–H groups in total. The molecule has 0 aromatic carbocycles. The second-order valence-electron chi connectivity index (χ2n) is 5.01. The molecule has 0 saturated heterocycles. The smallest absolute Gasteiger partial charge is 0.323 e. The number of ether oxygens (including phenoxy) is 1. The van der Waals surface area contributed by atoms with Gasteiger partial charge in [0.2, 0.25) is 0 Å². The lowest BCUT2D eigenvalue weighted by Gasteiger charge is -2.29. The predicted octanol–water partition coefficient (Wildman–Crippen LogP) is 2.09. The van der Waals surface area contributed by atoms with Gasteiger partial charge in [0.05, 0.1) is 0 Å². The average molecular weight is 213 g/mol. The molecule has 0 bridgehead atoms. The van der Waals surface area contributed by atoms with Crippen LogP contribution >= 0.6 is 0 Å².